The average Bonchev–Trinajstić information content (AvgIpc) is 2.30. The summed E-state index contributed by atoms with van der Waals surface area (Å²) in [5.74, 6) is 0.175. The van der Waals surface area contributed by atoms with E-state index in [4.69, 9.17) is 0 Å². The van der Waals surface area contributed by atoms with Crippen LogP contribution in [0.15, 0.2) is 16.4 Å². The largest absolute Gasteiger partial charge is 0.317 e. The minimum Gasteiger partial charge on any atom is -0.317 e. The summed E-state index contributed by atoms with van der Waals surface area (Å²) in [7, 11) is 1.82. The molecule has 3 nitrogen and oxygen atoms in total. The lowest BCUT2D eigenvalue weighted by Crippen LogP contribution is -2.19. The van der Waals surface area contributed by atoms with Crippen molar-refractivity contribution in [3.63, 3.8) is 0 Å². The van der Waals surface area contributed by atoms with Crippen LogP contribution < -0.4 is 0 Å². The number of rotatable bonds is 0. The fourth-order valence-electron chi connectivity index (χ4n) is 1.52. The Kier molecular flexibility index (Phi) is 1.31. The second-order valence-corrected chi connectivity index (χ2v) is 2.87. The minimum absolute atomic E-state index is 0.175. The number of hydrogen-bond donors (Lipinski definition) is 0. The highest BCUT2D eigenvalue weighted by Crippen LogP contribution is 2.28. The van der Waals surface area contributed by atoms with Crippen LogP contribution >= 0.6 is 0 Å². The van der Waals surface area contributed by atoms with Gasteiger partial charge in [-0.25, -0.2) is 0 Å². The van der Waals surface area contributed by atoms with Gasteiger partial charge in [0.05, 0.1) is 12.1 Å². The first-order valence-electron chi connectivity index (χ1n) is 3.80. The van der Waals surface area contributed by atoms with E-state index in [2.05, 4.69) is 4.99 Å². The van der Waals surface area contributed by atoms with Gasteiger partial charge in [-0.2, -0.15) is 0 Å². The molecule has 0 aromatic heterocycles. The van der Waals surface area contributed by atoms with E-state index < -0.39 is 0 Å². The summed E-state index contributed by atoms with van der Waals surface area (Å²) in [5, 5.41) is 0. The van der Waals surface area contributed by atoms with Crippen LogP contribution in [0, 0.1) is 0 Å². The predicted molar refractivity (Wildman–Crippen MR) is 42.1 cm³/mol. The first kappa shape index (κ1) is 6.58. The molecule has 0 N–H and O–H groups in total. The lowest BCUT2D eigenvalue weighted by molar-refractivity contribution is -0.126. The van der Waals surface area contributed by atoms with Gasteiger partial charge in [-0.3, -0.25) is 9.79 Å². The topological polar surface area (TPSA) is 32.7 Å². The smallest absolute Gasteiger partial charge is 0.232 e. The maximum Gasteiger partial charge on any atom is 0.232 e. The molecule has 2 aliphatic heterocycles. The Morgan fingerprint density at radius 3 is 3.18 bits per heavy atom. The third-order valence-corrected chi connectivity index (χ3v) is 2.19. The Bertz CT molecular complexity index is 265. The fourth-order valence-corrected chi connectivity index (χ4v) is 1.52. The van der Waals surface area contributed by atoms with Crippen LogP contribution in [0.5, 0.6) is 0 Å². The molecular formula is C8H10N2O. The van der Waals surface area contributed by atoms with Crippen LogP contribution in [-0.4, -0.2) is 24.1 Å². The molecule has 0 bridgehead atoms. The molecule has 0 fully saturated rings. The fraction of sp³-hybridized carbons (Fsp3) is 0.500. The van der Waals surface area contributed by atoms with Crippen LogP contribution in [0.3, 0.4) is 0 Å². The molecule has 0 unspecified atom stereocenters. The molecule has 0 aromatic rings. The molecule has 11 heavy (non-hydrogen) atoms. The summed E-state index contributed by atoms with van der Waals surface area (Å²) in [6.07, 6.45) is 4.34. The second-order valence-electron chi connectivity index (χ2n) is 2.87. The number of hydrogen-bond acceptors (Lipinski definition) is 2. The van der Waals surface area contributed by atoms with Gasteiger partial charge in [0.25, 0.3) is 0 Å². The van der Waals surface area contributed by atoms with Crippen molar-refractivity contribution in [1.29, 1.82) is 0 Å². The predicted octanol–water partition coefficient (Wildman–Crippen LogP) is 0.925. The molecule has 0 radical (unpaired) electrons. The Hall–Kier alpha value is -1.12. The number of carbonyl (C=O) groups is 1. The Balaban J connectivity index is 2.35. The molecule has 3 heteroatoms. The summed E-state index contributed by atoms with van der Waals surface area (Å²) < 4.78 is 0. The summed E-state index contributed by atoms with van der Waals surface area (Å²) in [5.41, 5.74) is 2.10. The van der Waals surface area contributed by atoms with Crippen molar-refractivity contribution in [3.8, 4) is 0 Å². The molecule has 2 heterocycles. The zero-order chi connectivity index (χ0) is 7.84. The highest BCUT2D eigenvalue weighted by Gasteiger charge is 2.27. The van der Waals surface area contributed by atoms with E-state index in [0.717, 1.165) is 24.2 Å². The molecule has 1 amide bonds. The van der Waals surface area contributed by atoms with Crippen molar-refractivity contribution < 1.29 is 4.79 Å². The van der Waals surface area contributed by atoms with Gasteiger partial charge >= 0.3 is 0 Å². The molecule has 0 spiro atoms. The second kappa shape index (κ2) is 2.19. The molecule has 2 aliphatic rings. The highest BCUT2D eigenvalue weighted by atomic mass is 16.2. The Morgan fingerprint density at radius 2 is 2.45 bits per heavy atom. The molecule has 0 aromatic carbocycles. The Morgan fingerprint density at radius 1 is 1.64 bits per heavy atom. The molecule has 0 aliphatic carbocycles. The van der Waals surface area contributed by atoms with Gasteiger partial charge < -0.3 is 4.90 Å². The van der Waals surface area contributed by atoms with Crippen LogP contribution in [-0.2, 0) is 4.79 Å². The van der Waals surface area contributed by atoms with Crippen molar-refractivity contribution in [2.75, 3.05) is 7.05 Å². The van der Waals surface area contributed by atoms with Crippen LogP contribution in [0.1, 0.15) is 19.3 Å². The van der Waals surface area contributed by atoms with Crippen LogP contribution in [0.25, 0.3) is 0 Å². The average molecular weight is 150 g/mol. The van der Waals surface area contributed by atoms with Crippen LogP contribution in [0.2, 0.25) is 0 Å². The molecule has 58 valence electrons. The van der Waals surface area contributed by atoms with E-state index in [0.29, 0.717) is 6.42 Å². The number of allylic oxidation sites excluding steroid dienone is 1. The summed E-state index contributed by atoms with van der Waals surface area (Å²) >= 11 is 0. The SMILES string of the molecule is CN1C(=O)CC2=C1CCC=N2. The molecule has 0 atom stereocenters. The van der Waals surface area contributed by atoms with Crippen molar-refractivity contribution >= 4 is 12.1 Å². The molecule has 0 saturated carbocycles. The van der Waals surface area contributed by atoms with Gasteiger partial charge in [-0.15, -0.1) is 0 Å². The number of nitrogens with zero attached hydrogens (tertiary/aromatic N) is 2. The monoisotopic (exact) mass is 150 g/mol. The lowest BCUT2D eigenvalue weighted by atomic mass is 10.2. The zero-order valence-corrected chi connectivity index (χ0v) is 6.50. The highest BCUT2D eigenvalue weighted by molar-refractivity contribution is 5.85. The van der Waals surface area contributed by atoms with Gasteiger partial charge in [0.1, 0.15) is 0 Å². The zero-order valence-electron chi connectivity index (χ0n) is 6.50. The van der Waals surface area contributed by atoms with Crippen molar-refractivity contribution in [3.05, 3.63) is 11.4 Å². The first-order chi connectivity index (χ1) is 5.29. The normalized spacial score (nSPS) is 23.0. The third kappa shape index (κ3) is 0.878. The quantitative estimate of drug-likeness (QED) is 0.505. The third-order valence-electron chi connectivity index (χ3n) is 2.19. The van der Waals surface area contributed by atoms with Gasteiger partial charge in [0.15, 0.2) is 0 Å². The minimum atomic E-state index is 0.175. The molecule has 2 rings (SSSR count). The van der Waals surface area contributed by atoms with Gasteiger partial charge in [0.2, 0.25) is 5.91 Å². The Labute approximate surface area is 65.4 Å². The standard InChI is InChI=1S/C8H10N2O/c1-10-7-3-2-4-9-6(7)5-8(10)11/h4H,2-3,5H2,1H3. The number of carbonyl (C=O) groups excluding carboxylic acids is 1. The van der Waals surface area contributed by atoms with E-state index in [1.54, 1.807) is 4.90 Å². The lowest BCUT2D eigenvalue weighted by Gasteiger charge is -2.14. The van der Waals surface area contributed by atoms with Crippen LogP contribution in [0.4, 0.5) is 0 Å². The summed E-state index contributed by atoms with van der Waals surface area (Å²) in [4.78, 5) is 17.1. The van der Waals surface area contributed by atoms with E-state index >= 15 is 0 Å². The molecule has 0 saturated heterocycles. The summed E-state index contributed by atoms with van der Waals surface area (Å²) in [6.45, 7) is 0. The molecular weight excluding hydrogens is 140 g/mol. The van der Waals surface area contributed by atoms with Crippen molar-refractivity contribution in [1.82, 2.24) is 4.90 Å². The van der Waals surface area contributed by atoms with Gasteiger partial charge in [-0.05, 0) is 12.8 Å². The van der Waals surface area contributed by atoms with E-state index in [9.17, 15) is 4.79 Å². The van der Waals surface area contributed by atoms with Crippen molar-refractivity contribution in [2.24, 2.45) is 4.99 Å². The van der Waals surface area contributed by atoms with Crippen molar-refractivity contribution in [2.45, 2.75) is 19.3 Å². The van der Waals surface area contributed by atoms with E-state index in [1.807, 2.05) is 13.3 Å². The maximum atomic E-state index is 11.2. The first-order valence-corrected chi connectivity index (χ1v) is 3.80. The van der Waals surface area contributed by atoms with E-state index in [1.165, 1.54) is 0 Å². The van der Waals surface area contributed by atoms with Gasteiger partial charge in [0, 0.05) is 19.0 Å². The van der Waals surface area contributed by atoms with Gasteiger partial charge in [-0.1, -0.05) is 0 Å². The maximum absolute atomic E-state index is 11.2. The number of amides is 1. The summed E-state index contributed by atoms with van der Waals surface area (Å²) in [6, 6.07) is 0. The van der Waals surface area contributed by atoms with E-state index in [-0.39, 0.29) is 5.91 Å². The number of aliphatic imine (C=N–C) groups is 1.